The Kier molecular flexibility index (Phi) is 6.15. The zero-order valence-electron chi connectivity index (χ0n) is 9.39. The van der Waals surface area contributed by atoms with Gasteiger partial charge in [0.1, 0.15) is 6.29 Å². The van der Waals surface area contributed by atoms with Crippen LogP contribution in [0.25, 0.3) is 6.08 Å². The second kappa shape index (κ2) is 7.79. The summed E-state index contributed by atoms with van der Waals surface area (Å²) in [5.41, 5.74) is 1.74. The second-order valence-corrected chi connectivity index (χ2v) is 3.25. The Morgan fingerprint density at radius 2 is 1.81 bits per heavy atom. The molecule has 0 aromatic heterocycles. The zero-order chi connectivity index (χ0) is 11.6. The number of rotatable bonds is 7. The maximum Gasteiger partial charge on any atom is 0.150 e. The molecule has 0 aliphatic heterocycles. The molecule has 0 spiro atoms. The van der Waals surface area contributed by atoms with Gasteiger partial charge in [0.2, 0.25) is 0 Å². The van der Waals surface area contributed by atoms with E-state index < -0.39 is 0 Å². The fourth-order valence-corrected chi connectivity index (χ4v) is 1.16. The van der Waals surface area contributed by atoms with E-state index in [1.54, 1.807) is 19.2 Å². The van der Waals surface area contributed by atoms with Gasteiger partial charge in [0.05, 0.1) is 19.8 Å². The number of aldehydes is 1. The van der Waals surface area contributed by atoms with Crippen molar-refractivity contribution in [3.05, 3.63) is 41.5 Å². The Morgan fingerprint density at radius 3 is 2.44 bits per heavy atom. The molecule has 3 heteroatoms. The topological polar surface area (TPSA) is 35.5 Å². The standard InChI is InChI=1S/C13H16O3/c1-15-9-10-16-8-2-3-12-4-6-13(11-14)7-5-12/h2-7,11H,8-10H2,1H3/b3-2+. The Labute approximate surface area is 95.7 Å². The van der Waals surface area contributed by atoms with Crippen molar-refractivity contribution in [2.24, 2.45) is 0 Å². The number of carbonyl (C=O) groups excluding carboxylic acids is 1. The summed E-state index contributed by atoms with van der Waals surface area (Å²) in [6, 6.07) is 7.38. The molecular formula is C13H16O3. The van der Waals surface area contributed by atoms with Crippen molar-refractivity contribution in [3.63, 3.8) is 0 Å². The van der Waals surface area contributed by atoms with Gasteiger partial charge in [-0.2, -0.15) is 0 Å². The van der Waals surface area contributed by atoms with Gasteiger partial charge in [-0.15, -0.1) is 0 Å². The quantitative estimate of drug-likeness (QED) is 0.522. The molecule has 1 aromatic rings. The number of ether oxygens (including phenoxy) is 2. The van der Waals surface area contributed by atoms with Crippen molar-refractivity contribution < 1.29 is 14.3 Å². The van der Waals surface area contributed by atoms with E-state index in [1.165, 1.54) is 0 Å². The molecule has 1 aromatic carbocycles. The first kappa shape index (κ1) is 12.6. The van der Waals surface area contributed by atoms with Crippen LogP contribution in [0.4, 0.5) is 0 Å². The summed E-state index contributed by atoms with van der Waals surface area (Å²) in [6.45, 7) is 1.78. The number of benzene rings is 1. The molecule has 0 amide bonds. The summed E-state index contributed by atoms with van der Waals surface area (Å²) in [4.78, 5) is 10.4. The molecule has 3 nitrogen and oxygen atoms in total. The number of hydrogen-bond acceptors (Lipinski definition) is 3. The molecule has 0 unspecified atom stereocenters. The number of carbonyl (C=O) groups is 1. The van der Waals surface area contributed by atoms with Gasteiger partial charge in [-0.1, -0.05) is 36.4 Å². The third-order valence-electron chi connectivity index (χ3n) is 2.03. The minimum Gasteiger partial charge on any atom is -0.382 e. The van der Waals surface area contributed by atoms with Crippen LogP contribution in [0.2, 0.25) is 0 Å². The Hall–Kier alpha value is -1.45. The highest BCUT2D eigenvalue weighted by atomic mass is 16.5. The van der Waals surface area contributed by atoms with Gasteiger partial charge in [0.15, 0.2) is 0 Å². The van der Waals surface area contributed by atoms with Gasteiger partial charge in [-0.3, -0.25) is 4.79 Å². The molecule has 0 fully saturated rings. The van der Waals surface area contributed by atoms with Crippen LogP contribution < -0.4 is 0 Å². The van der Waals surface area contributed by atoms with Crippen molar-refractivity contribution in [1.29, 1.82) is 0 Å². The monoisotopic (exact) mass is 220 g/mol. The average molecular weight is 220 g/mol. The molecule has 0 bridgehead atoms. The Bertz CT molecular complexity index is 328. The van der Waals surface area contributed by atoms with Crippen LogP contribution in [-0.4, -0.2) is 33.2 Å². The normalized spacial score (nSPS) is 10.8. The van der Waals surface area contributed by atoms with E-state index in [1.807, 2.05) is 24.3 Å². The van der Waals surface area contributed by atoms with Gasteiger partial charge in [-0.25, -0.2) is 0 Å². The van der Waals surface area contributed by atoms with Gasteiger partial charge >= 0.3 is 0 Å². The van der Waals surface area contributed by atoms with Crippen LogP contribution >= 0.6 is 0 Å². The summed E-state index contributed by atoms with van der Waals surface area (Å²) < 4.78 is 10.1. The lowest BCUT2D eigenvalue weighted by atomic mass is 10.1. The van der Waals surface area contributed by atoms with Crippen LogP contribution in [-0.2, 0) is 9.47 Å². The fourth-order valence-electron chi connectivity index (χ4n) is 1.16. The van der Waals surface area contributed by atoms with Crippen molar-refractivity contribution >= 4 is 12.4 Å². The first-order valence-electron chi connectivity index (χ1n) is 5.15. The summed E-state index contributed by atoms with van der Waals surface area (Å²) >= 11 is 0. The molecule has 0 radical (unpaired) electrons. The third kappa shape index (κ3) is 4.87. The van der Waals surface area contributed by atoms with E-state index >= 15 is 0 Å². The van der Waals surface area contributed by atoms with Crippen LogP contribution in [0, 0.1) is 0 Å². The smallest absolute Gasteiger partial charge is 0.150 e. The molecule has 0 N–H and O–H groups in total. The first-order valence-corrected chi connectivity index (χ1v) is 5.15. The van der Waals surface area contributed by atoms with Crippen molar-refractivity contribution in [2.45, 2.75) is 0 Å². The van der Waals surface area contributed by atoms with Crippen molar-refractivity contribution in [3.8, 4) is 0 Å². The molecule has 0 heterocycles. The van der Waals surface area contributed by atoms with E-state index in [-0.39, 0.29) is 0 Å². The van der Waals surface area contributed by atoms with Crippen LogP contribution in [0.5, 0.6) is 0 Å². The molecule has 0 saturated heterocycles. The predicted molar refractivity (Wildman–Crippen MR) is 63.6 cm³/mol. The second-order valence-electron chi connectivity index (χ2n) is 3.25. The van der Waals surface area contributed by atoms with Crippen LogP contribution in [0.3, 0.4) is 0 Å². The van der Waals surface area contributed by atoms with Crippen molar-refractivity contribution in [1.82, 2.24) is 0 Å². The molecule has 0 aliphatic carbocycles. The van der Waals surface area contributed by atoms with E-state index in [2.05, 4.69) is 0 Å². The van der Waals surface area contributed by atoms with E-state index in [4.69, 9.17) is 9.47 Å². The molecule has 16 heavy (non-hydrogen) atoms. The van der Waals surface area contributed by atoms with Gasteiger partial charge in [-0.05, 0) is 5.56 Å². The lowest BCUT2D eigenvalue weighted by molar-refractivity contribution is 0.0855. The highest BCUT2D eigenvalue weighted by molar-refractivity contribution is 5.75. The van der Waals surface area contributed by atoms with Gasteiger partial charge in [0.25, 0.3) is 0 Å². The molecule has 0 saturated carbocycles. The summed E-state index contributed by atoms with van der Waals surface area (Å²) in [5, 5.41) is 0. The highest BCUT2D eigenvalue weighted by Gasteiger charge is 1.89. The lowest BCUT2D eigenvalue weighted by Gasteiger charge is -1.98. The fraction of sp³-hybridized carbons (Fsp3) is 0.308. The summed E-state index contributed by atoms with van der Waals surface area (Å²) in [5.74, 6) is 0. The molecular weight excluding hydrogens is 204 g/mol. The first-order chi connectivity index (χ1) is 7.86. The zero-order valence-corrected chi connectivity index (χ0v) is 9.39. The van der Waals surface area contributed by atoms with E-state index in [9.17, 15) is 4.79 Å². The maximum atomic E-state index is 10.4. The minimum absolute atomic E-state index is 0.568. The molecule has 86 valence electrons. The average Bonchev–Trinajstić information content (AvgIpc) is 2.34. The van der Waals surface area contributed by atoms with E-state index in [0.717, 1.165) is 11.8 Å². The molecule has 0 atom stereocenters. The summed E-state index contributed by atoms with van der Waals surface area (Å²) in [6.07, 6.45) is 4.73. The largest absolute Gasteiger partial charge is 0.382 e. The number of hydrogen-bond donors (Lipinski definition) is 0. The number of methoxy groups -OCH3 is 1. The van der Waals surface area contributed by atoms with Gasteiger partial charge < -0.3 is 9.47 Å². The Balaban J connectivity index is 2.29. The molecule has 0 aliphatic rings. The predicted octanol–water partition coefficient (Wildman–Crippen LogP) is 2.18. The third-order valence-corrected chi connectivity index (χ3v) is 2.03. The van der Waals surface area contributed by atoms with Gasteiger partial charge in [0, 0.05) is 12.7 Å². The van der Waals surface area contributed by atoms with Crippen LogP contribution in [0.1, 0.15) is 15.9 Å². The maximum absolute atomic E-state index is 10.4. The SMILES string of the molecule is COCCOC/C=C/c1ccc(C=O)cc1. The lowest BCUT2D eigenvalue weighted by Crippen LogP contribution is -2.01. The van der Waals surface area contributed by atoms with Crippen LogP contribution in [0.15, 0.2) is 30.3 Å². The molecule has 1 rings (SSSR count). The minimum atomic E-state index is 0.568. The Morgan fingerprint density at radius 1 is 1.12 bits per heavy atom. The van der Waals surface area contributed by atoms with E-state index in [0.29, 0.717) is 25.4 Å². The summed E-state index contributed by atoms with van der Waals surface area (Å²) in [7, 11) is 1.65. The van der Waals surface area contributed by atoms with Crippen molar-refractivity contribution in [2.75, 3.05) is 26.9 Å². The highest BCUT2D eigenvalue weighted by Crippen LogP contribution is 2.04.